The zero-order chi connectivity index (χ0) is 23.6. The summed E-state index contributed by atoms with van der Waals surface area (Å²) in [6.07, 6.45) is -3.04. The molecule has 1 unspecified atom stereocenters. The van der Waals surface area contributed by atoms with Gasteiger partial charge >= 0.3 is 6.18 Å². The molecule has 8 heteroatoms. The van der Waals surface area contributed by atoms with Crippen molar-refractivity contribution in [2.45, 2.75) is 31.1 Å². The van der Waals surface area contributed by atoms with E-state index in [1.165, 1.54) is 30.3 Å². The van der Waals surface area contributed by atoms with E-state index >= 15 is 0 Å². The topological polar surface area (TPSA) is 32.3 Å². The van der Waals surface area contributed by atoms with E-state index in [9.17, 15) is 22.4 Å². The van der Waals surface area contributed by atoms with Crippen molar-refractivity contribution in [3.05, 3.63) is 100 Å². The smallest absolute Gasteiger partial charge is 0.368 e. The number of halogens is 5. The van der Waals surface area contributed by atoms with Crippen LogP contribution in [0.5, 0.6) is 0 Å². The first-order valence-electron chi connectivity index (χ1n) is 10.5. The van der Waals surface area contributed by atoms with E-state index in [1.807, 2.05) is 12.1 Å². The van der Waals surface area contributed by atoms with Gasteiger partial charge in [-0.15, -0.1) is 0 Å². The Hall–Kier alpha value is -3.06. The SMILES string of the molecule is O=C(C(Nc1ccccc1F)c1ccc(C(F)(F)F)cc1)N1CCC[C@H]1c1ccccc1Cl. The van der Waals surface area contributed by atoms with Crippen molar-refractivity contribution in [3.8, 4) is 0 Å². The number of rotatable bonds is 5. The van der Waals surface area contributed by atoms with Gasteiger partial charge in [-0.1, -0.05) is 54.1 Å². The van der Waals surface area contributed by atoms with E-state index in [0.29, 0.717) is 23.6 Å². The molecule has 1 saturated heterocycles. The molecule has 172 valence electrons. The molecule has 0 spiro atoms. The number of carbonyl (C=O) groups excluding carboxylic acids is 1. The molecular formula is C25H21ClF4N2O. The monoisotopic (exact) mass is 476 g/mol. The van der Waals surface area contributed by atoms with E-state index in [-0.39, 0.29) is 17.6 Å². The molecule has 0 aliphatic carbocycles. The lowest BCUT2D eigenvalue weighted by Gasteiger charge is -2.31. The maximum absolute atomic E-state index is 14.4. The normalized spacial score (nSPS) is 17.1. The molecule has 0 bridgehead atoms. The van der Waals surface area contributed by atoms with Crippen molar-refractivity contribution >= 4 is 23.2 Å². The van der Waals surface area contributed by atoms with E-state index in [1.54, 1.807) is 23.1 Å². The second-order valence-corrected chi connectivity index (χ2v) is 8.30. The van der Waals surface area contributed by atoms with E-state index in [4.69, 9.17) is 11.6 Å². The van der Waals surface area contributed by atoms with Crippen molar-refractivity contribution in [2.24, 2.45) is 0 Å². The highest BCUT2D eigenvalue weighted by molar-refractivity contribution is 6.31. The fourth-order valence-electron chi connectivity index (χ4n) is 4.15. The summed E-state index contributed by atoms with van der Waals surface area (Å²) in [5, 5.41) is 3.44. The molecule has 3 aromatic rings. The van der Waals surface area contributed by atoms with Gasteiger partial charge in [0.1, 0.15) is 11.9 Å². The third-order valence-corrected chi connectivity index (χ3v) is 6.14. The molecule has 1 heterocycles. The van der Waals surface area contributed by atoms with Crippen molar-refractivity contribution in [2.75, 3.05) is 11.9 Å². The lowest BCUT2D eigenvalue weighted by molar-refractivity contribution is -0.137. The number of para-hydroxylation sites is 1. The van der Waals surface area contributed by atoms with Gasteiger partial charge in [-0.3, -0.25) is 4.79 Å². The maximum atomic E-state index is 14.4. The van der Waals surface area contributed by atoms with Crippen LogP contribution in [0.3, 0.4) is 0 Å². The zero-order valence-electron chi connectivity index (χ0n) is 17.4. The lowest BCUT2D eigenvalue weighted by Crippen LogP contribution is -2.38. The van der Waals surface area contributed by atoms with Gasteiger partial charge in [0, 0.05) is 11.6 Å². The minimum Gasteiger partial charge on any atom is -0.368 e. The molecule has 1 aliphatic rings. The Bertz CT molecular complexity index is 1130. The van der Waals surface area contributed by atoms with Gasteiger partial charge in [0.2, 0.25) is 5.91 Å². The molecule has 1 fully saturated rings. The summed E-state index contributed by atoms with van der Waals surface area (Å²) < 4.78 is 53.5. The molecule has 1 N–H and O–H groups in total. The second-order valence-electron chi connectivity index (χ2n) is 7.89. The van der Waals surface area contributed by atoms with Crippen LogP contribution < -0.4 is 5.32 Å². The number of carbonyl (C=O) groups is 1. The van der Waals surface area contributed by atoms with Crippen LogP contribution in [0.25, 0.3) is 0 Å². The van der Waals surface area contributed by atoms with Crippen LogP contribution in [0.2, 0.25) is 5.02 Å². The van der Waals surface area contributed by atoms with Gasteiger partial charge in [0.25, 0.3) is 0 Å². The van der Waals surface area contributed by atoms with Crippen LogP contribution in [0.1, 0.15) is 41.6 Å². The van der Waals surface area contributed by atoms with Gasteiger partial charge in [0.15, 0.2) is 0 Å². The summed E-state index contributed by atoms with van der Waals surface area (Å²) in [7, 11) is 0. The summed E-state index contributed by atoms with van der Waals surface area (Å²) >= 11 is 6.37. The standard InChI is InChI=1S/C25H21ClF4N2O/c26-19-7-2-1-6-18(19)22-10-5-15-32(22)24(33)23(31-21-9-4-3-8-20(21)27)16-11-13-17(14-12-16)25(28,29)30/h1-4,6-9,11-14,22-23,31H,5,10,15H2/t22-,23?/m0/s1. The zero-order valence-corrected chi connectivity index (χ0v) is 18.2. The predicted octanol–water partition coefficient (Wildman–Crippen LogP) is 7.01. The molecule has 3 nitrogen and oxygen atoms in total. The largest absolute Gasteiger partial charge is 0.416 e. The van der Waals surface area contributed by atoms with Crippen molar-refractivity contribution in [1.82, 2.24) is 4.90 Å². The fraction of sp³-hybridized carbons (Fsp3) is 0.240. The van der Waals surface area contributed by atoms with Crippen LogP contribution >= 0.6 is 11.6 Å². The number of nitrogens with one attached hydrogen (secondary N) is 1. The Kier molecular flexibility index (Phi) is 6.61. The van der Waals surface area contributed by atoms with Crippen LogP contribution in [-0.4, -0.2) is 17.4 Å². The minimum absolute atomic E-state index is 0.0873. The molecule has 0 radical (unpaired) electrons. The highest BCUT2D eigenvalue weighted by Gasteiger charge is 2.36. The van der Waals surface area contributed by atoms with E-state index < -0.39 is 23.6 Å². The lowest BCUT2D eigenvalue weighted by atomic mass is 10.0. The summed E-state index contributed by atoms with van der Waals surface area (Å²) in [5.41, 5.74) is 0.380. The third kappa shape index (κ3) is 4.98. The van der Waals surface area contributed by atoms with Crippen molar-refractivity contribution in [1.29, 1.82) is 0 Å². The van der Waals surface area contributed by atoms with Gasteiger partial charge in [-0.2, -0.15) is 13.2 Å². The van der Waals surface area contributed by atoms with Crippen LogP contribution in [0.15, 0.2) is 72.8 Å². The van der Waals surface area contributed by atoms with Crippen LogP contribution in [-0.2, 0) is 11.0 Å². The summed E-state index contributed by atoms with van der Waals surface area (Å²) in [4.78, 5) is 15.4. The average Bonchev–Trinajstić information content (AvgIpc) is 3.28. The van der Waals surface area contributed by atoms with Gasteiger partial charge in [0.05, 0.1) is 17.3 Å². The quantitative estimate of drug-likeness (QED) is 0.401. The Balaban J connectivity index is 1.70. The van der Waals surface area contributed by atoms with Crippen molar-refractivity contribution < 1.29 is 22.4 Å². The molecule has 0 saturated carbocycles. The van der Waals surface area contributed by atoms with Crippen molar-refractivity contribution in [3.63, 3.8) is 0 Å². The number of anilines is 1. The minimum atomic E-state index is -4.50. The molecule has 1 amide bonds. The van der Waals surface area contributed by atoms with Crippen LogP contribution in [0, 0.1) is 5.82 Å². The first-order chi connectivity index (χ1) is 15.8. The maximum Gasteiger partial charge on any atom is 0.416 e. The van der Waals surface area contributed by atoms with Crippen LogP contribution in [0.4, 0.5) is 23.2 Å². The molecule has 1 aliphatic heterocycles. The summed E-state index contributed by atoms with van der Waals surface area (Å²) in [6, 6.07) is 16.1. The van der Waals surface area contributed by atoms with E-state index in [0.717, 1.165) is 24.1 Å². The highest BCUT2D eigenvalue weighted by atomic mass is 35.5. The summed E-state index contributed by atoms with van der Waals surface area (Å²) in [5.74, 6) is -0.924. The number of alkyl halides is 3. The highest BCUT2D eigenvalue weighted by Crippen LogP contribution is 2.38. The molecule has 4 rings (SSSR count). The number of hydrogen-bond donors (Lipinski definition) is 1. The molecule has 3 aromatic carbocycles. The number of hydrogen-bond acceptors (Lipinski definition) is 2. The average molecular weight is 477 g/mol. The Morgan fingerprint density at radius 2 is 1.67 bits per heavy atom. The predicted molar refractivity (Wildman–Crippen MR) is 119 cm³/mol. The first kappa shape index (κ1) is 23.1. The first-order valence-corrected chi connectivity index (χ1v) is 10.9. The van der Waals surface area contributed by atoms with Gasteiger partial charge in [-0.25, -0.2) is 4.39 Å². The fourth-order valence-corrected chi connectivity index (χ4v) is 4.41. The Morgan fingerprint density at radius 1 is 1.00 bits per heavy atom. The second kappa shape index (κ2) is 9.43. The molecule has 0 aromatic heterocycles. The molecular weight excluding hydrogens is 456 g/mol. The molecule has 33 heavy (non-hydrogen) atoms. The molecule has 2 atom stereocenters. The Morgan fingerprint density at radius 3 is 2.33 bits per heavy atom. The van der Waals surface area contributed by atoms with Gasteiger partial charge < -0.3 is 10.2 Å². The number of amides is 1. The number of benzene rings is 3. The van der Waals surface area contributed by atoms with Gasteiger partial charge in [-0.05, 0) is 54.3 Å². The summed E-state index contributed by atoms with van der Waals surface area (Å²) in [6.45, 7) is 0.463. The third-order valence-electron chi connectivity index (χ3n) is 5.79. The number of likely N-dealkylation sites (tertiary alicyclic amines) is 1. The Labute approximate surface area is 194 Å². The number of nitrogens with zero attached hydrogens (tertiary/aromatic N) is 1. The van der Waals surface area contributed by atoms with E-state index in [2.05, 4.69) is 5.32 Å².